The summed E-state index contributed by atoms with van der Waals surface area (Å²) in [7, 11) is 0. The number of nitro groups is 2. The van der Waals surface area contributed by atoms with Crippen LogP contribution in [-0.2, 0) is 0 Å². The van der Waals surface area contributed by atoms with Crippen molar-refractivity contribution in [1.82, 2.24) is 5.32 Å². The average molecular weight is 929 g/mol. The van der Waals surface area contributed by atoms with E-state index in [0.717, 1.165) is 79.8 Å². The molecule has 0 saturated heterocycles. The van der Waals surface area contributed by atoms with E-state index < -0.39 is 9.85 Å². The Morgan fingerprint density at radius 3 is 0.957 bits per heavy atom. The molecule has 4 N–H and O–H groups in total. The molecule has 0 spiro atoms. The lowest BCUT2D eigenvalue weighted by atomic mass is 10.2. The molecule has 4 aromatic rings. The van der Waals surface area contributed by atoms with Gasteiger partial charge in [-0.05, 0) is 149 Å². The number of nitrogens with one attached hydrogen (secondary N) is 2. The molecule has 0 aromatic heterocycles. The summed E-state index contributed by atoms with van der Waals surface area (Å²) >= 11 is 0. The summed E-state index contributed by atoms with van der Waals surface area (Å²) in [6, 6.07) is 28.5. The highest BCUT2D eigenvalue weighted by Crippen LogP contribution is 2.24. The summed E-state index contributed by atoms with van der Waals surface area (Å²) in [4.78, 5) is 38.3. The molecule has 15 nitrogen and oxygen atoms in total. The van der Waals surface area contributed by atoms with Crippen LogP contribution in [0.25, 0.3) is 0 Å². The standard InChI is InChI=1S/C12H13N3O.2C12H12N2O2.C12H14N2.C6H9N/c16-14-13-11-5-7-12(8-6-11)15-9-3-1-2-4-10-15;2*15-14(16)12-7-5-11(6-8-12)13-9-3-1-2-4-10-13;13-11-5-7-12(8-6-11)14-9-3-1-2-4-10-14;1-2-4-6-7-5-3-1/h3-10H,1-2H2,(H,13,16);2*3-10H,1-2H2;3-10H,1-2,13H2;3-7H,1-2H2. The maximum absolute atomic E-state index is 10.5. The van der Waals surface area contributed by atoms with Crippen LogP contribution in [0.15, 0.2) is 225 Å². The first-order valence-corrected chi connectivity index (χ1v) is 22.9. The predicted octanol–water partition coefficient (Wildman–Crippen LogP) is 14.1. The van der Waals surface area contributed by atoms with Crippen molar-refractivity contribution >= 4 is 45.5 Å². The minimum absolute atomic E-state index is 0.117. The van der Waals surface area contributed by atoms with Crippen LogP contribution in [0.5, 0.6) is 0 Å². The molecule has 5 aliphatic rings. The second-order valence-corrected chi connectivity index (χ2v) is 15.5. The number of nitro benzene ring substituents is 2. The summed E-state index contributed by atoms with van der Waals surface area (Å²) in [6.07, 6.45) is 52.1. The van der Waals surface area contributed by atoms with E-state index in [9.17, 15) is 25.1 Å². The van der Waals surface area contributed by atoms with Crippen molar-refractivity contribution in [2.75, 3.05) is 30.8 Å². The Morgan fingerprint density at radius 1 is 0.420 bits per heavy atom. The van der Waals surface area contributed by atoms with Crippen molar-refractivity contribution in [1.29, 1.82) is 0 Å². The quantitative estimate of drug-likeness (QED) is 0.0660. The normalized spacial score (nSPS) is 15.3. The molecule has 0 saturated carbocycles. The van der Waals surface area contributed by atoms with Gasteiger partial charge in [0.2, 0.25) is 0 Å². The highest BCUT2D eigenvalue weighted by molar-refractivity contribution is 5.60. The maximum Gasteiger partial charge on any atom is 0.269 e. The van der Waals surface area contributed by atoms with Crippen LogP contribution < -0.4 is 36.1 Å². The number of non-ortho nitro benzene ring substituents is 2. The number of allylic oxidation sites excluding steroid dienone is 10. The molecule has 5 aliphatic heterocycles. The predicted molar refractivity (Wildman–Crippen MR) is 284 cm³/mol. The van der Waals surface area contributed by atoms with E-state index in [1.54, 1.807) is 24.3 Å². The second kappa shape index (κ2) is 29.7. The minimum Gasteiger partial charge on any atom is -0.399 e. The largest absolute Gasteiger partial charge is 0.399 e. The molecule has 9 rings (SSSR count). The van der Waals surface area contributed by atoms with Crippen LogP contribution in [-0.4, -0.2) is 9.85 Å². The Labute approximate surface area is 404 Å². The van der Waals surface area contributed by atoms with Gasteiger partial charge in [-0.15, -0.1) is 4.91 Å². The first kappa shape index (κ1) is 51.3. The van der Waals surface area contributed by atoms with Crippen molar-refractivity contribution in [3.63, 3.8) is 0 Å². The van der Waals surface area contributed by atoms with Gasteiger partial charge >= 0.3 is 0 Å². The van der Waals surface area contributed by atoms with Crippen LogP contribution in [0.2, 0.25) is 0 Å². The number of anilines is 6. The van der Waals surface area contributed by atoms with Gasteiger partial charge in [0.15, 0.2) is 0 Å². The number of nitrogen functional groups attached to an aromatic ring is 1. The fourth-order valence-electron chi connectivity index (χ4n) is 6.61. The zero-order valence-electron chi connectivity index (χ0n) is 38.6. The van der Waals surface area contributed by atoms with Crippen molar-refractivity contribution in [3.8, 4) is 0 Å². The molecule has 0 fully saturated rings. The van der Waals surface area contributed by atoms with Gasteiger partial charge in [0.05, 0.1) is 20.8 Å². The number of rotatable bonds is 8. The van der Waals surface area contributed by atoms with Crippen molar-refractivity contribution < 1.29 is 9.85 Å². The van der Waals surface area contributed by atoms with Gasteiger partial charge in [0, 0.05) is 102 Å². The monoisotopic (exact) mass is 928 g/mol. The molecule has 0 amide bonds. The zero-order valence-corrected chi connectivity index (χ0v) is 38.6. The van der Waals surface area contributed by atoms with E-state index in [1.807, 2.05) is 113 Å². The molecule has 0 atom stereocenters. The molecule has 0 unspecified atom stereocenters. The number of hydrogen-bond acceptors (Lipinski definition) is 12. The third kappa shape index (κ3) is 19.0. The molecule has 69 heavy (non-hydrogen) atoms. The minimum atomic E-state index is -0.391. The molecule has 5 heterocycles. The first-order valence-electron chi connectivity index (χ1n) is 22.9. The molecule has 0 radical (unpaired) electrons. The van der Waals surface area contributed by atoms with Crippen LogP contribution in [0.1, 0.15) is 64.2 Å². The van der Waals surface area contributed by atoms with Gasteiger partial charge < -0.3 is 30.7 Å². The molecular formula is C54H60N10O5. The summed E-state index contributed by atoms with van der Waals surface area (Å²) < 4.78 is 0. The Bertz CT molecular complexity index is 2350. The lowest BCUT2D eigenvalue weighted by Crippen LogP contribution is -2.05. The summed E-state index contributed by atoms with van der Waals surface area (Å²) in [5.41, 5.74) is 13.8. The summed E-state index contributed by atoms with van der Waals surface area (Å²) in [5.74, 6) is 0. The highest BCUT2D eigenvalue weighted by Gasteiger charge is 2.08. The van der Waals surface area contributed by atoms with Gasteiger partial charge in [-0.2, -0.15) is 0 Å². The fraction of sp³-hybridized carbons (Fsp3) is 0.185. The Kier molecular flexibility index (Phi) is 22.1. The van der Waals surface area contributed by atoms with Crippen LogP contribution in [0.3, 0.4) is 0 Å². The van der Waals surface area contributed by atoms with Crippen LogP contribution in [0, 0.1) is 25.1 Å². The lowest BCUT2D eigenvalue weighted by molar-refractivity contribution is -0.385. The van der Waals surface area contributed by atoms with Crippen molar-refractivity contribution in [3.05, 3.63) is 245 Å². The zero-order chi connectivity index (χ0) is 48.7. The summed E-state index contributed by atoms with van der Waals surface area (Å²) in [5, 5.41) is 26.6. The lowest BCUT2D eigenvalue weighted by Gasteiger charge is -2.14. The van der Waals surface area contributed by atoms with Gasteiger partial charge in [0.25, 0.3) is 11.4 Å². The average Bonchev–Trinajstić information content (AvgIpc) is 4.09. The van der Waals surface area contributed by atoms with Gasteiger partial charge in [-0.3, -0.25) is 20.2 Å². The molecule has 15 heteroatoms. The van der Waals surface area contributed by atoms with E-state index in [2.05, 4.69) is 94.1 Å². The molecule has 356 valence electrons. The third-order valence-corrected chi connectivity index (χ3v) is 10.3. The smallest absolute Gasteiger partial charge is 0.269 e. The Hall–Kier alpha value is -8.72. The van der Waals surface area contributed by atoms with E-state index >= 15 is 0 Å². The van der Waals surface area contributed by atoms with E-state index in [0.29, 0.717) is 5.69 Å². The number of nitrogens with zero attached hydrogens (tertiary/aromatic N) is 7. The molecule has 0 bridgehead atoms. The third-order valence-electron chi connectivity index (χ3n) is 10.3. The SMILES string of the molecule is C1=CNC=CCC1.Nc1ccc(N2C=CCCC=C2)cc1.O=NNc1ccc(N2C=CCCC=C2)cc1.O=[N+]([O-])c1ccc(N2C=CCCC=C2)cc1.O=[N+]([O-])c1ccc(N2C=CCCC=C2)cc1. The van der Waals surface area contributed by atoms with Crippen molar-refractivity contribution in [2.24, 2.45) is 5.29 Å². The number of nitroso groups, excluding NO2 is 1. The Balaban J connectivity index is 0.000000164. The molecule has 4 aromatic carbocycles. The van der Waals surface area contributed by atoms with E-state index in [1.165, 1.54) is 37.1 Å². The van der Waals surface area contributed by atoms with Crippen LogP contribution in [0.4, 0.5) is 45.5 Å². The van der Waals surface area contributed by atoms with E-state index in [4.69, 9.17) is 5.73 Å². The number of benzene rings is 4. The van der Waals surface area contributed by atoms with Gasteiger partial charge in [0.1, 0.15) is 0 Å². The van der Waals surface area contributed by atoms with Gasteiger partial charge in [-0.25, -0.2) is 5.43 Å². The molecular weight excluding hydrogens is 869 g/mol. The molecule has 0 aliphatic carbocycles. The number of nitrogens with two attached hydrogens (primary N) is 1. The maximum atomic E-state index is 10.5. The second-order valence-electron chi connectivity index (χ2n) is 15.5. The van der Waals surface area contributed by atoms with E-state index in [-0.39, 0.29) is 11.4 Å². The summed E-state index contributed by atoms with van der Waals surface area (Å²) in [6.45, 7) is 0. The highest BCUT2D eigenvalue weighted by atomic mass is 16.6. The van der Waals surface area contributed by atoms with Crippen LogP contribution >= 0.6 is 0 Å². The Morgan fingerprint density at radius 2 is 0.681 bits per heavy atom. The van der Waals surface area contributed by atoms with Gasteiger partial charge in [-0.1, -0.05) is 60.8 Å². The first-order chi connectivity index (χ1) is 33.8. The topological polar surface area (TPSA) is 179 Å². The van der Waals surface area contributed by atoms with Crippen molar-refractivity contribution in [2.45, 2.75) is 64.2 Å². The number of hydrogen-bond donors (Lipinski definition) is 3. The fourth-order valence-corrected chi connectivity index (χ4v) is 6.61.